The summed E-state index contributed by atoms with van der Waals surface area (Å²) in [4.78, 5) is 4.14. The molecular formula is C9H18KNO. The standard InChI is InChI=1S/C9H18NO.K/c1-7(2)8(11)6-10-9(3,4)5;/h6-8H,1-5H3;/q-1;+1. The summed E-state index contributed by atoms with van der Waals surface area (Å²) in [7, 11) is 0. The first-order valence-electron chi connectivity index (χ1n) is 4.04. The number of hydrogen-bond acceptors (Lipinski definition) is 2. The van der Waals surface area contributed by atoms with Crippen LogP contribution in [0.2, 0.25) is 0 Å². The van der Waals surface area contributed by atoms with E-state index in [-0.39, 0.29) is 62.8 Å². The minimum atomic E-state index is -0.658. The van der Waals surface area contributed by atoms with Crippen molar-refractivity contribution in [2.45, 2.75) is 46.3 Å². The Balaban J connectivity index is 0. The van der Waals surface area contributed by atoms with Crippen molar-refractivity contribution in [1.29, 1.82) is 0 Å². The van der Waals surface area contributed by atoms with Crippen molar-refractivity contribution in [1.82, 2.24) is 0 Å². The zero-order valence-corrected chi connectivity index (χ0v) is 12.2. The van der Waals surface area contributed by atoms with Gasteiger partial charge in [-0.25, -0.2) is 0 Å². The van der Waals surface area contributed by atoms with Crippen molar-refractivity contribution in [2.24, 2.45) is 10.9 Å². The number of hydrogen-bond donors (Lipinski definition) is 0. The van der Waals surface area contributed by atoms with Crippen LogP contribution in [0.1, 0.15) is 34.6 Å². The minimum absolute atomic E-state index is 0. The molecule has 0 heterocycles. The Bertz CT molecular complexity index is 138. The van der Waals surface area contributed by atoms with E-state index < -0.39 is 6.10 Å². The zero-order valence-electron chi connectivity index (χ0n) is 9.09. The van der Waals surface area contributed by atoms with Gasteiger partial charge < -0.3 is 5.11 Å². The fourth-order valence-electron chi connectivity index (χ4n) is 0.469. The molecule has 0 aromatic heterocycles. The Labute approximate surface area is 118 Å². The summed E-state index contributed by atoms with van der Waals surface area (Å²) in [6.45, 7) is 9.77. The molecule has 0 radical (unpaired) electrons. The molecule has 3 heteroatoms. The molecule has 1 atom stereocenters. The van der Waals surface area contributed by atoms with E-state index in [1.54, 1.807) is 0 Å². The van der Waals surface area contributed by atoms with E-state index in [4.69, 9.17) is 0 Å². The fourth-order valence-corrected chi connectivity index (χ4v) is 0.469. The third-order valence-corrected chi connectivity index (χ3v) is 1.27. The molecule has 0 amide bonds. The first kappa shape index (κ1) is 15.7. The molecule has 0 bridgehead atoms. The van der Waals surface area contributed by atoms with Crippen LogP contribution in [-0.4, -0.2) is 17.9 Å². The molecule has 2 nitrogen and oxygen atoms in total. The summed E-state index contributed by atoms with van der Waals surface area (Å²) in [5.74, 6) is 0.140. The van der Waals surface area contributed by atoms with Gasteiger partial charge in [-0.2, -0.15) is 0 Å². The summed E-state index contributed by atoms with van der Waals surface area (Å²) in [6.07, 6.45) is 0.860. The van der Waals surface area contributed by atoms with Crippen molar-refractivity contribution < 1.29 is 56.5 Å². The summed E-state index contributed by atoms with van der Waals surface area (Å²) in [5, 5.41) is 11.1. The number of rotatable bonds is 2. The Morgan fingerprint density at radius 1 is 1.25 bits per heavy atom. The molecule has 0 aliphatic carbocycles. The first-order chi connectivity index (χ1) is 4.83. The molecule has 0 saturated heterocycles. The molecule has 0 rings (SSSR count). The summed E-state index contributed by atoms with van der Waals surface area (Å²) in [5.41, 5.74) is -0.114. The SMILES string of the molecule is CC(C)C([O-])C=NC(C)(C)C.[K+]. The summed E-state index contributed by atoms with van der Waals surface area (Å²) >= 11 is 0. The van der Waals surface area contributed by atoms with E-state index in [1.807, 2.05) is 34.6 Å². The Hall–Kier alpha value is 1.27. The molecule has 0 fully saturated rings. The van der Waals surface area contributed by atoms with Gasteiger partial charge in [0.2, 0.25) is 0 Å². The third kappa shape index (κ3) is 9.36. The van der Waals surface area contributed by atoms with Crippen molar-refractivity contribution in [3.05, 3.63) is 0 Å². The molecule has 0 spiro atoms. The van der Waals surface area contributed by atoms with Gasteiger partial charge in [-0.3, -0.25) is 4.99 Å². The van der Waals surface area contributed by atoms with Gasteiger partial charge in [-0.05, 0) is 27.0 Å². The molecule has 0 aromatic carbocycles. The molecule has 0 aliphatic heterocycles. The van der Waals surface area contributed by atoms with Crippen LogP contribution >= 0.6 is 0 Å². The predicted molar refractivity (Wildman–Crippen MR) is 46.9 cm³/mol. The van der Waals surface area contributed by atoms with Crippen LogP contribution in [-0.2, 0) is 0 Å². The molecule has 0 saturated carbocycles. The van der Waals surface area contributed by atoms with E-state index in [0.717, 1.165) is 0 Å². The van der Waals surface area contributed by atoms with Crippen LogP contribution in [0.4, 0.5) is 0 Å². The topological polar surface area (TPSA) is 35.4 Å². The maximum absolute atomic E-state index is 11.1. The van der Waals surface area contributed by atoms with Gasteiger partial charge in [-0.1, -0.05) is 25.9 Å². The maximum atomic E-state index is 11.1. The minimum Gasteiger partial charge on any atom is -0.848 e. The molecule has 0 aromatic rings. The van der Waals surface area contributed by atoms with E-state index >= 15 is 0 Å². The van der Waals surface area contributed by atoms with Crippen LogP contribution < -0.4 is 56.5 Å². The maximum Gasteiger partial charge on any atom is 1.00 e. The fraction of sp³-hybridized carbons (Fsp3) is 0.889. The smallest absolute Gasteiger partial charge is 0.848 e. The van der Waals surface area contributed by atoms with E-state index in [1.165, 1.54) is 6.21 Å². The van der Waals surface area contributed by atoms with E-state index in [9.17, 15) is 5.11 Å². The largest absolute Gasteiger partial charge is 1.00 e. The van der Waals surface area contributed by atoms with Crippen molar-refractivity contribution in [3.8, 4) is 0 Å². The number of nitrogens with zero attached hydrogens (tertiary/aromatic N) is 1. The van der Waals surface area contributed by atoms with Gasteiger partial charge in [0, 0.05) is 0 Å². The van der Waals surface area contributed by atoms with Gasteiger partial charge in [0.05, 0.1) is 5.54 Å². The average molecular weight is 195 g/mol. The van der Waals surface area contributed by atoms with Crippen molar-refractivity contribution in [2.75, 3.05) is 0 Å². The van der Waals surface area contributed by atoms with E-state index in [0.29, 0.717) is 0 Å². The molecular weight excluding hydrogens is 177 g/mol. The normalized spacial score (nSPS) is 14.9. The van der Waals surface area contributed by atoms with Crippen molar-refractivity contribution >= 4 is 6.21 Å². The second kappa shape index (κ2) is 6.68. The van der Waals surface area contributed by atoms with Crippen LogP contribution in [0.25, 0.3) is 0 Å². The summed E-state index contributed by atoms with van der Waals surface area (Å²) < 4.78 is 0. The van der Waals surface area contributed by atoms with Crippen LogP contribution in [0.15, 0.2) is 4.99 Å². The predicted octanol–water partition coefficient (Wildman–Crippen LogP) is -1.76. The average Bonchev–Trinajstić information content (AvgIpc) is 1.80. The quantitative estimate of drug-likeness (QED) is 0.380. The second-order valence-electron chi connectivity index (χ2n) is 4.16. The molecule has 0 N–H and O–H groups in total. The van der Waals surface area contributed by atoms with Gasteiger partial charge >= 0.3 is 51.4 Å². The van der Waals surface area contributed by atoms with Gasteiger partial charge in [0.25, 0.3) is 0 Å². The van der Waals surface area contributed by atoms with Gasteiger partial charge in [-0.15, -0.1) is 0 Å². The molecule has 0 aliphatic rings. The Morgan fingerprint density at radius 2 is 1.67 bits per heavy atom. The van der Waals surface area contributed by atoms with Crippen molar-refractivity contribution in [3.63, 3.8) is 0 Å². The Kier molecular flexibility index (Phi) is 8.75. The molecule has 12 heavy (non-hydrogen) atoms. The van der Waals surface area contributed by atoms with Crippen LogP contribution in [0.3, 0.4) is 0 Å². The zero-order chi connectivity index (χ0) is 9.07. The van der Waals surface area contributed by atoms with Crippen LogP contribution in [0.5, 0.6) is 0 Å². The van der Waals surface area contributed by atoms with Crippen LogP contribution in [0, 0.1) is 5.92 Å². The molecule has 1 unspecified atom stereocenters. The summed E-state index contributed by atoms with van der Waals surface area (Å²) in [6, 6.07) is 0. The molecule has 66 valence electrons. The Morgan fingerprint density at radius 3 is 1.92 bits per heavy atom. The number of aliphatic imine (C=N–C) groups is 1. The third-order valence-electron chi connectivity index (χ3n) is 1.27. The first-order valence-corrected chi connectivity index (χ1v) is 4.04. The van der Waals surface area contributed by atoms with Gasteiger partial charge in [0.1, 0.15) is 0 Å². The monoisotopic (exact) mass is 195 g/mol. The van der Waals surface area contributed by atoms with Gasteiger partial charge in [0.15, 0.2) is 0 Å². The second-order valence-corrected chi connectivity index (χ2v) is 4.16. The van der Waals surface area contributed by atoms with E-state index in [2.05, 4.69) is 4.99 Å².